The zero-order valence-corrected chi connectivity index (χ0v) is 19.9. The number of carbonyl (C=O) groups excluding carboxylic acids is 1. The van der Waals surface area contributed by atoms with Crippen LogP contribution in [0.15, 0.2) is 60.8 Å². The lowest BCUT2D eigenvalue weighted by Gasteiger charge is -2.39. The zero-order chi connectivity index (χ0) is 25.2. The van der Waals surface area contributed by atoms with Crippen molar-refractivity contribution in [2.45, 2.75) is 45.6 Å². The first kappa shape index (κ1) is 24.7. The number of aromatic nitrogens is 1. The molecule has 1 fully saturated rings. The molecule has 3 aromatic rings. The summed E-state index contributed by atoms with van der Waals surface area (Å²) < 4.78 is 44.1. The number of nitrogens with one attached hydrogen (secondary N) is 1. The normalized spacial score (nSPS) is 14.6. The molecule has 0 saturated carbocycles. The lowest BCUT2D eigenvalue weighted by atomic mass is 10.0. The van der Waals surface area contributed by atoms with E-state index in [1.54, 1.807) is 6.20 Å². The Morgan fingerprint density at radius 2 is 1.83 bits per heavy atom. The van der Waals surface area contributed by atoms with E-state index >= 15 is 0 Å². The van der Waals surface area contributed by atoms with Crippen LogP contribution in [0, 0.1) is 6.92 Å². The number of aryl methyl sites for hydroxylation is 1. The van der Waals surface area contributed by atoms with Gasteiger partial charge in [0.15, 0.2) is 0 Å². The maximum atomic E-state index is 12.7. The lowest BCUT2D eigenvalue weighted by Crippen LogP contribution is -2.53. The Morgan fingerprint density at radius 3 is 2.40 bits per heavy atom. The van der Waals surface area contributed by atoms with Crippen molar-refractivity contribution in [3.8, 4) is 17.0 Å². The highest BCUT2D eigenvalue weighted by atomic mass is 19.4. The number of nitrogens with zero attached hydrogens (tertiary/aromatic N) is 2. The lowest BCUT2D eigenvalue weighted by molar-refractivity contribution is -0.137. The van der Waals surface area contributed by atoms with Crippen LogP contribution in [-0.4, -0.2) is 41.0 Å². The number of rotatable bonds is 7. The first-order valence-electron chi connectivity index (χ1n) is 11.5. The van der Waals surface area contributed by atoms with E-state index in [1.165, 1.54) is 12.1 Å². The summed E-state index contributed by atoms with van der Waals surface area (Å²) in [5, 5.41) is 2.90. The van der Waals surface area contributed by atoms with E-state index in [-0.39, 0.29) is 18.1 Å². The molecule has 2 aromatic carbocycles. The first-order valence-corrected chi connectivity index (χ1v) is 11.5. The van der Waals surface area contributed by atoms with E-state index < -0.39 is 11.7 Å². The van der Waals surface area contributed by atoms with Crippen LogP contribution in [-0.2, 0) is 12.7 Å². The maximum Gasteiger partial charge on any atom is 0.416 e. The zero-order valence-electron chi connectivity index (χ0n) is 19.9. The van der Waals surface area contributed by atoms with Crippen LogP contribution in [0.2, 0.25) is 0 Å². The molecule has 1 amide bonds. The van der Waals surface area contributed by atoms with Gasteiger partial charge in [-0.15, -0.1) is 0 Å². The van der Waals surface area contributed by atoms with Gasteiger partial charge in [-0.25, -0.2) is 0 Å². The number of hydrogen-bond acceptors (Lipinski definition) is 4. The average Bonchev–Trinajstić information content (AvgIpc) is 2.77. The molecule has 0 bridgehead atoms. The van der Waals surface area contributed by atoms with Crippen LogP contribution in [0.25, 0.3) is 11.3 Å². The molecule has 4 rings (SSSR count). The molecular formula is C27H28F3N3O2. The Hall–Kier alpha value is -3.39. The molecule has 0 spiro atoms. The smallest absolute Gasteiger partial charge is 0.416 e. The van der Waals surface area contributed by atoms with Crippen LogP contribution < -0.4 is 10.1 Å². The van der Waals surface area contributed by atoms with Gasteiger partial charge in [-0.3, -0.25) is 14.7 Å². The van der Waals surface area contributed by atoms with Gasteiger partial charge < -0.3 is 10.1 Å². The number of hydrogen-bond donors (Lipinski definition) is 1. The number of pyridine rings is 1. The van der Waals surface area contributed by atoms with Gasteiger partial charge in [-0.2, -0.15) is 13.2 Å². The summed E-state index contributed by atoms with van der Waals surface area (Å²) in [5.41, 5.74) is 3.43. The van der Waals surface area contributed by atoms with Crippen molar-refractivity contribution in [3.05, 3.63) is 83.0 Å². The predicted molar refractivity (Wildman–Crippen MR) is 128 cm³/mol. The van der Waals surface area contributed by atoms with Crippen LogP contribution in [0.4, 0.5) is 13.2 Å². The summed E-state index contributed by atoms with van der Waals surface area (Å²) in [6.45, 7) is 7.73. The minimum atomic E-state index is -4.32. The highest BCUT2D eigenvalue weighted by Gasteiger charge is 2.31. The van der Waals surface area contributed by atoms with Gasteiger partial charge in [0.1, 0.15) is 11.9 Å². The van der Waals surface area contributed by atoms with Crippen molar-refractivity contribution < 1.29 is 22.7 Å². The number of carbonyl (C=O) groups is 1. The van der Waals surface area contributed by atoms with Crippen molar-refractivity contribution >= 4 is 5.91 Å². The summed E-state index contributed by atoms with van der Waals surface area (Å²) in [7, 11) is 0. The van der Waals surface area contributed by atoms with Crippen molar-refractivity contribution in [2.24, 2.45) is 0 Å². The Labute approximate surface area is 202 Å². The second-order valence-electron chi connectivity index (χ2n) is 9.17. The molecule has 5 nitrogen and oxygen atoms in total. The minimum absolute atomic E-state index is 0.0121. The van der Waals surface area contributed by atoms with E-state index in [1.807, 2.05) is 51.1 Å². The monoisotopic (exact) mass is 483 g/mol. The molecule has 1 aliphatic heterocycles. The van der Waals surface area contributed by atoms with Gasteiger partial charge in [-0.05, 0) is 68.3 Å². The maximum absolute atomic E-state index is 12.7. The number of likely N-dealkylation sites (tertiary alicyclic amines) is 1. The second kappa shape index (κ2) is 10.1. The third-order valence-corrected chi connectivity index (χ3v) is 5.84. The van der Waals surface area contributed by atoms with Gasteiger partial charge in [0.05, 0.1) is 17.5 Å². The van der Waals surface area contributed by atoms with Gasteiger partial charge in [0.25, 0.3) is 5.91 Å². The third kappa shape index (κ3) is 6.19. The largest absolute Gasteiger partial charge is 0.486 e. The summed E-state index contributed by atoms with van der Waals surface area (Å²) in [6, 6.07) is 14.7. The Kier molecular flexibility index (Phi) is 7.12. The standard InChI is InChI=1S/C27H28F3N3O2/c1-17(2)32-26(34)24-10-6-20(12-18(24)3)25-11-9-22(13-31-25)35-23-15-33(16-23)14-19-4-7-21(8-5-19)27(28,29)30/h4-13,17,23H,14-16H2,1-3H3,(H,32,34). The molecule has 0 atom stereocenters. The quantitative estimate of drug-likeness (QED) is 0.484. The number of ether oxygens (including phenoxy) is 1. The van der Waals surface area contributed by atoms with Crippen molar-refractivity contribution in [2.75, 3.05) is 13.1 Å². The van der Waals surface area contributed by atoms with Gasteiger partial charge in [-0.1, -0.05) is 18.2 Å². The van der Waals surface area contributed by atoms with Crippen LogP contribution >= 0.6 is 0 Å². The third-order valence-electron chi connectivity index (χ3n) is 5.84. The SMILES string of the molecule is Cc1cc(-c2ccc(OC3CN(Cc4ccc(C(F)(F)F)cc4)C3)cn2)ccc1C(=O)NC(C)C. The molecule has 8 heteroatoms. The second-order valence-corrected chi connectivity index (χ2v) is 9.17. The predicted octanol–water partition coefficient (Wildman–Crippen LogP) is 5.48. The van der Waals surface area contributed by atoms with Crippen molar-refractivity contribution in [3.63, 3.8) is 0 Å². The van der Waals surface area contributed by atoms with Crippen molar-refractivity contribution in [1.82, 2.24) is 15.2 Å². The number of halogens is 3. The first-order chi connectivity index (χ1) is 16.6. The Morgan fingerprint density at radius 1 is 1.11 bits per heavy atom. The highest BCUT2D eigenvalue weighted by Crippen LogP contribution is 2.30. The van der Waals surface area contributed by atoms with Gasteiger partial charge in [0.2, 0.25) is 0 Å². The molecule has 184 valence electrons. The molecular weight excluding hydrogens is 455 g/mol. The van der Waals surface area contributed by atoms with Gasteiger partial charge >= 0.3 is 6.18 Å². The van der Waals surface area contributed by atoms with E-state index in [0.29, 0.717) is 30.9 Å². The minimum Gasteiger partial charge on any atom is -0.486 e. The molecule has 1 aromatic heterocycles. The fourth-order valence-corrected chi connectivity index (χ4v) is 4.01. The molecule has 0 radical (unpaired) electrons. The van der Waals surface area contributed by atoms with Crippen LogP contribution in [0.5, 0.6) is 5.75 Å². The average molecular weight is 484 g/mol. The topological polar surface area (TPSA) is 54.5 Å². The van der Waals surface area contributed by atoms with Crippen LogP contribution in [0.3, 0.4) is 0 Å². The number of amides is 1. The Balaban J connectivity index is 1.29. The molecule has 1 N–H and O–H groups in total. The molecule has 0 unspecified atom stereocenters. The van der Waals surface area contributed by atoms with Crippen LogP contribution in [0.1, 0.15) is 40.9 Å². The van der Waals surface area contributed by atoms with Crippen molar-refractivity contribution in [1.29, 1.82) is 0 Å². The van der Waals surface area contributed by atoms with E-state index in [9.17, 15) is 18.0 Å². The molecule has 1 saturated heterocycles. The molecule has 0 aliphatic carbocycles. The summed E-state index contributed by atoms with van der Waals surface area (Å²) in [5.74, 6) is 0.575. The fourth-order valence-electron chi connectivity index (χ4n) is 4.01. The van der Waals surface area contributed by atoms with E-state index in [2.05, 4.69) is 15.2 Å². The fraction of sp³-hybridized carbons (Fsp3) is 0.333. The number of benzene rings is 2. The highest BCUT2D eigenvalue weighted by molar-refractivity contribution is 5.96. The summed E-state index contributed by atoms with van der Waals surface area (Å²) in [4.78, 5) is 18.9. The van der Waals surface area contributed by atoms with E-state index in [4.69, 9.17) is 4.74 Å². The molecule has 1 aliphatic rings. The van der Waals surface area contributed by atoms with E-state index in [0.717, 1.165) is 34.5 Å². The summed E-state index contributed by atoms with van der Waals surface area (Å²) >= 11 is 0. The number of alkyl halides is 3. The Bertz CT molecular complexity index is 1170. The van der Waals surface area contributed by atoms with Gasteiger partial charge in [0, 0.05) is 36.8 Å². The molecule has 35 heavy (non-hydrogen) atoms. The molecule has 2 heterocycles. The summed E-state index contributed by atoms with van der Waals surface area (Å²) in [6.07, 6.45) is -2.62.